The lowest BCUT2D eigenvalue weighted by Crippen LogP contribution is -2.37. The summed E-state index contributed by atoms with van der Waals surface area (Å²) in [6.45, 7) is 8.27. The predicted octanol–water partition coefficient (Wildman–Crippen LogP) is 5.22. The third-order valence-electron chi connectivity index (χ3n) is 5.25. The Kier molecular flexibility index (Phi) is 6.84. The van der Waals surface area contributed by atoms with E-state index < -0.39 is 6.10 Å². The molecule has 1 saturated heterocycles. The molecule has 0 saturated carbocycles. The minimum Gasteiger partial charge on any atom is -0.481 e. The Morgan fingerprint density at radius 1 is 1.21 bits per heavy atom. The first-order chi connectivity index (χ1) is 13.4. The number of benzene rings is 2. The lowest BCUT2D eigenvalue weighted by molar-refractivity contribution is -0.127. The second kappa shape index (κ2) is 9.33. The Morgan fingerprint density at radius 3 is 2.64 bits per heavy atom. The van der Waals surface area contributed by atoms with E-state index >= 15 is 0 Å². The Bertz CT molecular complexity index is 793. The Morgan fingerprint density at radius 2 is 1.96 bits per heavy atom. The van der Waals surface area contributed by atoms with Gasteiger partial charge >= 0.3 is 0 Å². The molecule has 1 aliphatic rings. The van der Waals surface area contributed by atoms with Crippen LogP contribution in [0.2, 0.25) is 5.02 Å². The van der Waals surface area contributed by atoms with Gasteiger partial charge in [-0.05, 0) is 68.5 Å². The first-order valence-electron chi connectivity index (χ1n) is 10.00. The van der Waals surface area contributed by atoms with Crippen LogP contribution in [0.1, 0.15) is 45.2 Å². The number of anilines is 1. The average molecular weight is 401 g/mol. The van der Waals surface area contributed by atoms with Crippen LogP contribution in [0.4, 0.5) is 5.69 Å². The van der Waals surface area contributed by atoms with Crippen molar-refractivity contribution in [2.45, 2.75) is 45.8 Å². The van der Waals surface area contributed by atoms with Crippen molar-refractivity contribution in [2.24, 2.45) is 5.92 Å². The van der Waals surface area contributed by atoms with E-state index in [0.717, 1.165) is 24.6 Å². The van der Waals surface area contributed by atoms with Crippen LogP contribution >= 0.6 is 11.6 Å². The van der Waals surface area contributed by atoms with Crippen LogP contribution in [0.3, 0.4) is 0 Å². The number of nitrogens with zero attached hydrogens (tertiary/aromatic N) is 1. The van der Waals surface area contributed by atoms with E-state index in [9.17, 15) is 4.79 Å². The van der Waals surface area contributed by atoms with Crippen LogP contribution in [0.5, 0.6) is 5.75 Å². The zero-order valence-corrected chi connectivity index (χ0v) is 17.6. The van der Waals surface area contributed by atoms with Crippen LogP contribution in [0, 0.1) is 5.92 Å². The SMILES string of the molecule is CC1CCCN(c2ccc(C(C)NC(=O)C(C)Oc3cccc(Cl)c3)cc2)C1. The molecule has 3 atom stereocenters. The molecule has 1 N–H and O–H groups in total. The van der Waals surface area contributed by atoms with Gasteiger partial charge in [0.15, 0.2) is 6.10 Å². The fourth-order valence-corrected chi connectivity index (χ4v) is 3.79. The zero-order valence-electron chi connectivity index (χ0n) is 16.8. The summed E-state index contributed by atoms with van der Waals surface area (Å²) >= 11 is 5.97. The molecule has 1 amide bonds. The van der Waals surface area contributed by atoms with E-state index in [1.165, 1.54) is 18.5 Å². The normalized spacial score (nSPS) is 19.0. The van der Waals surface area contributed by atoms with Gasteiger partial charge in [0.2, 0.25) is 0 Å². The summed E-state index contributed by atoms with van der Waals surface area (Å²) in [7, 11) is 0. The van der Waals surface area contributed by atoms with E-state index in [1.54, 1.807) is 31.2 Å². The summed E-state index contributed by atoms with van der Waals surface area (Å²) in [6, 6.07) is 15.5. The number of halogens is 1. The standard InChI is InChI=1S/C23H29ClN2O2/c1-16-6-5-13-26(15-16)21-11-9-19(10-12-21)17(2)25-23(27)18(3)28-22-8-4-7-20(24)14-22/h4,7-12,14,16-18H,5-6,13,15H2,1-3H3,(H,25,27). The Hall–Kier alpha value is -2.20. The maximum Gasteiger partial charge on any atom is 0.261 e. The van der Waals surface area contributed by atoms with Gasteiger partial charge in [0.1, 0.15) is 5.75 Å². The molecule has 0 spiro atoms. The average Bonchev–Trinajstić information content (AvgIpc) is 2.68. The van der Waals surface area contributed by atoms with Crippen LogP contribution in [0.15, 0.2) is 48.5 Å². The van der Waals surface area contributed by atoms with Gasteiger partial charge in [-0.1, -0.05) is 36.7 Å². The van der Waals surface area contributed by atoms with Crippen molar-refractivity contribution < 1.29 is 9.53 Å². The molecule has 1 fully saturated rings. The monoisotopic (exact) mass is 400 g/mol. The molecule has 4 nitrogen and oxygen atoms in total. The number of piperidine rings is 1. The summed E-state index contributed by atoms with van der Waals surface area (Å²) in [5.41, 5.74) is 2.34. The van der Waals surface area contributed by atoms with Crippen LogP contribution in [0.25, 0.3) is 0 Å². The second-order valence-electron chi connectivity index (χ2n) is 7.73. The largest absolute Gasteiger partial charge is 0.481 e. The summed E-state index contributed by atoms with van der Waals surface area (Å²) in [5, 5.41) is 3.61. The number of hydrogen-bond donors (Lipinski definition) is 1. The third-order valence-corrected chi connectivity index (χ3v) is 5.49. The van der Waals surface area contributed by atoms with Crippen molar-refractivity contribution in [3.05, 3.63) is 59.1 Å². The minimum atomic E-state index is -0.602. The highest BCUT2D eigenvalue weighted by Gasteiger charge is 2.19. The number of rotatable bonds is 6. The lowest BCUT2D eigenvalue weighted by Gasteiger charge is -2.33. The molecule has 28 heavy (non-hydrogen) atoms. The molecule has 5 heteroatoms. The number of ether oxygens (including phenoxy) is 1. The third kappa shape index (κ3) is 5.41. The van der Waals surface area contributed by atoms with Crippen LogP contribution in [-0.2, 0) is 4.79 Å². The highest BCUT2D eigenvalue weighted by Crippen LogP contribution is 2.25. The highest BCUT2D eigenvalue weighted by molar-refractivity contribution is 6.30. The Balaban J connectivity index is 1.56. The topological polar surface area (TPSA) is 41.6 Å². The van der Waals surface area contributed by atoms with Crippen molar-refractivity contribution in [1.29, 1.82) is 0 Å². The molecule has 0 radical (unpaired) electrons. The maximum absolute atomic E-state index is 12.5. The molecule has 1 heterocycles. The smallest absolute Gasteiger partial charge is 0.261 e. The van der Waals surface area contributed by atoms with Crippen molar-refractivity contribution >= 4 is 23.2 Å². The second-order valence-corrected chi connectivity index (χ2v) is 8.17. The summed E-state index contributed by atoms with van der Waals surface area (Å²) in [4.78, 5) is 14.9. The first-order valence-corrected chi connectivity index (χ1v) is 10.4. The molecular formula is C23H29ClN2O2. The fraction of sp³-hybridized carbons (Fsp3) is 0.435. The van der Waals surface area contributed by atoms with E-state index in [4.69, 9.17) is 16.3 Å². The molecule has 2 aromatic carbocycles. The van der Waals surface area contributed by atoms with E-state index in [1.807, 2.05) is 6.92 Å². The van der Waals surface area contributed by atoms with Crippen LogP contribution in [-0.4, -0.2) is 25.1 Å². The maximum atomic E-state index is 12.5. The summed E-state index contributed by atoms with van der Waals surface area (Å²) in [5.74, 6) is 1.18. The van der Waals surface area contributed by atoms with Crippen LogP contribution < -0.4 is 15.0 Å². The highest BCUT2D eigenvalue weighted by atomic mass is 35.5. The van der Waals surface area contributed by atoms with Crippen molar-refractivity contribution in [3.8, 4) is 5.75 Å². The Labute approximate surface area is 172 Å². The van der Waals surface area contributed by atoms with Gasteiger partial charge in [-0.2, -0.15) is 0 Å². The van der Waals surface area contributed by atoms with E-state index in [-0.39, 0.29) is 11.9 Å². The van der Waals surface area contributed by atoms with Gasteiger partial charge in [0, 0.05) is 23.8 Å². The van der Waals surface area contributed by atoms with Crippen molar-refractivity contribution in [3.63, 3.8) is 0 Å². The number of carbonyl (C=O) groups is 1. The summed E-state index contributed by atoms with van der Waals surface area (Å²) in [6.07, 6.45) is 1.96. The van der Waals surface area contributed by atoms with Gasteiger partial charge in [0.25, 0.3) is 5.91 Å². The molecule has 3 unspecified atom stereocenters. The number of carbonyl (C=O) groups excluding carboxylic acids is 1. The molecular weight excluding hydrogens is 372 g/mol. The van der Waals surface area contributed by atoms with Crippen molar-refractivity contribution in [2.75, 3.05) is 18.0 Å². The van der Waals surface area contributed by atoms with Gasteiger partial charge < -0.3 is 15.0 Å². The molecule has 0 aliphatic carbocycles. The molecule has 0 aromatic heterocycles. The molecule has 150 valence electrons. The zero-order chi connectivity index (χ0) is 20.1. The van der Waals surface area contributed by atoms with Gasteiger partial charge in [-0.3, -0.25) is 4.79 Å². The van der Waals surface area contributed by atoms with Gasteiger partial charge in [-0.25, -0.2) is 0 Å². The van der Waals surface area contributed by atoms with Crippen molar-refractivity contribution in [1.82, 2.24) is 5.32 Å². The van der Waals surface area contributed by atoms with Gasteiger partial charge in [0.05, 0.1) is 6.04 Å². The molecule has 1 aliphatic heterocycles. The fourth-order valence-electron chi connectivity index (χ4n) is 3.61. The predicted molar refractivity (Wildman–Crippen MR) is 115 cm³/mol. The van der Waals surface area contributed by atoms with E-state index in [0.29, 0.717) is 10.8 Å². The van der Waals surface area contributed by atoms with Gasteiger partial charge in [-0.15, -0.1) is 0 Å². The quantitative estimate of drug-likeness (QED) is 0.722. The van der Waals surface area contributed by atoms with E-state index in [2.05, 4.69) is 41.4 Å². The minimum absolute atomic E-state index is 0.0905. The lowest BCUT2D eigenvalue weighted by atomic mass is 9.99. The molecule has 0 bridgehead atoms. The number of hydrogen-bond acceptors (Lipinski definition) is 3. The molecule has 3 rings (SSSR count). The molecule has 2 aromatic rings. The summed E-state index contributed by atoms with van der Waals surface area (Å²) < 4.78 is 5.70. The number of amides is 1. The number of nitrogens with one attached hydrogen (secondary N) is 1. The first kappa shape index (κ1) is 20.5.